The van der Waals surface area contributed by atoms with E-state index in [0.29, 0.717) is 50.9 Å². The first-order valence-corrected chi connectivity index (χ1v) is 13.6. The highest BCUT2D eigenvalue weighted by Gasteiger charge is 2.56. The van der Waals surface area contributed by atoms with Crippen LogP contribution in [0.3, 0.4) is 0 Å². The zero-order valence-corrected chi connectivity index (χ0v) is 23.2. The van der Waals surface area contributed by atoms with E-state index >= 15 is 0 Å². The lowest BCUT2D eigenvalue weighted by molar-refractivity contribution is -0.138. The van der Waals surface area contributed by atoms with Gasteiger partial charge in [0, 0.05) is 31.0 Å². The molecule has 0 bridgehead atoms. The maximum atomic E-state index is 13.9. The first-order valence-electron chi connectivity index (χ1n) is 12.8. The summed E-state index contributed by atoms with van der Waals surface area (Å²) in [5.41, 5.74) is 3.15. The second kappa shape index (κ2) is 10.3. The Morgan fingerprint density at radius 2 is 2.02 bits per heavy atom. The molecule has 1 saturated heterocycles. The number of nitrogens with one attached hydrogen (secondary N) is 3. The smallest absolute Gasteiger partial charge is 0.248 e. The molecular formula is C28H26BrN9O2. The van der Waals surface area contributed by atoms with Crippen molar-refractivity contribution in [2.45, 2.75) is 31.5 Å². The van der Waals surface area contributed by atoms with Gasteiger partial charge in [0.25, 0.3) is 0 Å². The van der Waals surface area contributed by atoms with E-state index in [2.05, 4.69) is 48.2 Å². The third kappa shape index (κ3) is 4.53. The predicted molar refractivity (Wildman–Crippen MR) is 157 cm³/mol. The van der Waals surface area contributed by atoms with Crippen LogP contribution in [0.4, 0.5) is 11.6 Å². The Morgan fingerprint density at radius 1 is 1.18 bits per heavy atom. The summed E-state index contributed by atoms with van der Waals surface area (Å²) in [4.78, 5) is 46.0. The Hall–Kier alpha value is -4.45. The summed E-state index contributed by atoms with van der Waals surface area (Å²) in [5.74, 6) is 0.788. The number of fused-ring (bicyclic) bond motifs is 2. The molecule has 12 heteroatoms. The number of rotatable bonds is 7. The lowest BCUT2D eigenvalue weighted by Gasteiger charge is -2.27. The van der Waals surface area contributed by atoms with Gasteiger partial charge in [-0.1, -0.05) is 6.07 Å². The van der Waals surface area contributed by atoms with Crippen LogP contribution >= 0.6 is 15.9 Å². The van der Waals surface area contributed by atoms with Crippen LogP contribution in [0.1, 0.15) is 18.4 Å². The Morgan fingerprint density at radius 3 is 2.75 bits per heavy atom. The summed E-state index contributed by atoms with van der Waals surface area (Å²) in [6.45, 7) is 3.51. The van der Waals surface area contributed by atoms with Gasteiger partial charge in [0.15, 0.2) is 5.84 Å². The minimum Gasteiger partial charge on any atom is -0.374 e. The minimum absolute atomic E-state index is 0.0346. The maximum Gasteiger partial charge on any atom is 0.248 e. The van der Waals surface area contributed by atoms with Crippen molar-refractivity contribution in [1.82, 2.24) is 24.4 Å². The van der Waals surface area contributed by atoms with Crippen LogP contribution in [0.2, 0.25) is 0 Å². The number of amidine groups is 1. The molecule has 1 aliphatic heterocycles. The number of anilines is 2. The van der Waals surface area contributed by atoms with E-state index in [1.165, 1.54) is 0 Å². The maximum absolute atomic E-state index is 13.9. The largest absolute Gasteiger partial charge is 0.374 e. The second-order valence-corrected chi connectivity index (χ2v) is 10.6. The highest BCUT2D eigenvalue weighted by molar-refractivity contribution is 9.10. The first-order chi connectivity index (χ1) is 19.4. The van der Waals surface area contributed by atoms with Gasteiger partial charge in [0.1, 0.15) is 34.3 Å². The van der Waals surface area contributed by atoms with Crippen LogP contribution in [0, 0.1) is 11.3 Å². The van der Waals surface area contributed by atoms with Crippen molar-refractivity contribution in [3.05, 3.63) is 65.0 Å². The van der Waals surface area contributed by atoms with Crippen LogP contribution in [0.15, 0.2) is 64.5 Å². The lowest BCUT2D eigenvalue weighted by atomic mass is 10.1. The molecule has 2 fully saturated rings. The Balaban J connectivity index is 1.34. The summed E-state index contributed by atoms with van der Waals surface area (Å²) in [7, 11) is 1.73. The number of aliphatic imine (C=N–C) groups is 1. The van der Waals surface area contributed by atoms with Gasteiger partial charge in [0.2, 0.25) is 11.8 Å². The molecule has 5 heterocycles. The van der Waals surface area contributed by atoms with Gasteiger partial charge in [-0.15, -0.1) is 0 Å². The number of carbonyl (C=O) groups is 2. The van der Waals surface area contributed by atoms with E-state index in [4.69, 9.17) is 10.4 Å². The predicted octanol–water partition coefficient (Wildman–Crippen LogP) is 3.95. The SMILES string of the molecule is C=NC(=N)c1c(NC)n(CC(=O)N2C3C[C@@H]3C[C@H]2C(=O)Nc2cccc(Br)n2)c2ccc(-c3cccnc3)nc12. The average Bonchev–Trinajstić information content (AvgIpc) is 3.51. The second-order valence-electron chi connectivity index (χ2n) is 9.82. The molecule has 11 nitrogen and oxygen atoms in total. The van der Waals surface area contributed by atoms with Crippen molar-refractivity contribution in [1.29, 1.82) is 5.41 Å². The van der Waals surface area contributed by atoms with Gasteiger partial charge in [-0.3, -0.25) is 20.0 Å². The van der Waals surface area contributed by atoms with Crippen molar-refractivity contribution in [2.75, 3.05) is 17.7 Å². The highest BCUT2D eigenvalue weighted by Crippen LogP contribution is 2.48. The molecule has 0 aromatic carbocycles. The van der Waals surface area contributed by atoms with Crippen LogP contribution in [0.25, 0.3) is 22.3 Å². The number of pyridine rings is 3. The number of piperidine rings is 1. The molecule has 40 heavy (non-hydrogen) atoms. The number of nitrogens with zero attached hydrogens (tertiary/aromatic N) is 6. The molecule has 4 aromatic rings. The molecular weight excluding hydrogens is 574 g/mol. The minimum atomic E-state index is -0.584. The topological polar surface area (TPSA) is 141 Å². The van der Waals surface area contributed by atoms with Gasteiger partial charge in [0.05, 0.1) is 16.8 Å². The van der Waals surface area contributed by atoms with E-state index < -0.39 is 6.04 Å². The number of halogens is 1. The highest BCUT2D eigenvalue weighted by atomic mass is 79.9. The van der Waals surface area contributed by atoms with E-state index in [1.807, 2.05) is 24.3 Å². The molecule has 0 radical (unpaired) electrons. The van der Waals surface area contributed by atoms with Crippen molar-refractivity contribution in [2.24, 2.45) is 10.9 Å². The average molecular weight is 600 g/mol. The number of hydrogen-bond acceptors (Lipinski definition) is 7. The van der Waals surface area contributed by atoms with Crippen molar-refractivity contribution in [3.63, 3.8) is 0 Å². The molecule has 4 aromatic heterocycles. The number of likely N-dealkylation sites (tertiary alicyclic amines) is 1. The van der Waals surface area contributed by atoms with E-state index in [0.717, 1.165) is 12.0 Å². The van der Waals surface area contributed by atoms with Gasteiger partial charge >= 0.3 is 0 Å². The zero-order valence-electron chi connectivity index (χ0n) is 21.6. The van der Waals surface area contributed by atoms with Gasteiger partial charge < -0.3 is 20.1 Å². The van der Waals surface area contributed by atoms with Gasteiger partial charge in [-0.05, 0) is 77.8 Å². The first kappa shape index (κ1) is 25.8. The molecule has 3 N–H and O–H groups in total. The number of amides is 2. The molecule has 1 saturated carbocycles. The molecule has 3 atom stereocenters. The number of hydrogen-bond donors (Lipinski definition) is 3. The third-order valence-electron chi connectivity index (χ3n) is 7.45. The summed E-state index contributed by atoms with van der Waals surface area (Å²) < 4.78 is 2.41. The van der Waals surface area contributed by atoms with E-state index in [9.17, 15) is 9.59 Å². The Bertz CT molecular complexity index is 1670. The lowest BCUT2D eigenvalue weighted by Crippen LogP contribution is -2.46. The molecule has 202 valence electrons. The fourth-order valence-corrected chi connectivity index (χ4v) is 5.92. The van der Waals surface area contributed by atoms with Gasteiger partial charge in [-0.25, -0.2) is 15.0 Å². The molecule has 2 amide bonds. The normalized spacial score (nSPS) is 19.2. The fraction of sp³-hybridized carbons (Fsp3) is 0.250. The summed E-state index contributed by atoms with van der Waals surface area (Å²) in [6.07, 6.45) is 4.92. The molecule has 1 unspecified atom stereocenters. The van der Waals surface area contributed by atoms with Crippen molar-refractivity contribution in [3.8, 4) is 11.3 Å². The Kier molecular flexibility index (Phi) is 6.62. The van der Waals surface area contributed by atoms with Crippen LogP contribution in [0.5, 0.6) is 0 Å². The summed E-state index contributed by atoms with van der Waals surface area (Å²) in [5, 5.41) is 14.5. The fourth-order valence-electron chi connectivity index (χ4n) is 5.58. The molecule has 2 aliphatic rings. The third-order valence-corrected chi connectivity index (χ3v) is 7.89. The number of carbonyl (C=O) groups excluding carboxylic acids is 2. The zero-order chi connectivity index (χ0) is 28.0. The summed E-state index contributed by atoms with van der Waals surface area (Å²) in [6, 6.07) is 12.2. The summed E-state index contributed by atoms with van der Waals surface area (Å²) >= 11 is 3.32. The molecule has 1 aliphatic carbocycles. The number of aromatic nitrogens is 4. The quantitative estimate of drug-likeness (QED) is 0.167. The molecule has 6 rings (SSSR count). The van der Waals surface area contributed by atoms with Crippen molar-refractivity contribution < 1.29 is 9.59 Å². The van der Waals surface area contributed by atoms with Crippen LogP contribution in [-0.4, -0.2) is 67.9 Å². The molecule has 0 spiro atoms. The Labute approximate surface area is 238 Å². The van der Waals surface area contributed by atoms with E-state index in [-0.39, 0.29) is 30.2 Å². The van der Waals surface area contributed by atoms with E-state index in [1.54, 1.807) is 47.1 Å². The van der Waals surface area contributed by atoms with Crippen LogP contribution < -0.4 is 10.6 Å². The monoisotopic (exact) mass is 599 g/mol. The van der Waals surface area contributed by atoms with Gasteiger partial charge in [-0.2, -0.15) is 0 Å². The van der Waals surface area contributed by atoms with Crippen LogP contribution in [-0.2, 0) is 16.1 Å². The van der Waals surface area contributed by atoms with Crippen molar-refractivity contribution >= 4 is 63.0 Å². The standard InChI is InChI=1S/C28H26BrN9O2/c1-31-26(30)24-25-18(9-8-17(34-25)15-5-4-10-33-13-15)37(27(24)32-2)14-23(39)38-19-11-16(19)12-20(38)28(40)36-22-7-3-6-21(29)35-22/h3-10,13,16,19-20,30,32H,1,11-12,14H2,2H3,(H,35,36,40)/t16-,19?,20+/m1/s1.